The minimum absolute atomic E-state index is 0.0378. The number of nitrogens with one attached hydrogen (secondary N) is 1. The fraction of sp³-hybridized carbons (Fsp3) is 0.600. The van der Waals surface area contributed by atoms with Crippen molar-refractivity contribution >= 4 is 5.69 Å². The third-order valence-electron chi connectivity index (χ3n) is 3.76. The van der Waals surface area contributed by atoms with Crippen LogP contribution in [0, 0.1) is 25.2 Å². The van der Waals surface area contributed by atoms with Gasteiger partial charge >= 0.3 is 0 Å². The SMILES string of the molecule is Cc1cc(NC2CCCCCC2O)c(C#N)c(C)n1. The summed E-state index contributed by atoms with van der Waals surface area (Å²) in [6.45, 7) is 3.77. The smallest absolute Gasteiger partial charge is 0.103 e. The standard InChI is InChI=1S/C15H21N3O/c1-10-8-14(12(9-16)11(2)17-10)18-13-6-4-3-5-7-15(13)19/h8,13,15,19H,3-7H2,1-2H3,(H,17,18). The van der Waals surface area contributed by atoms with Crippen molar-refractivity contribution in [3.63, 3.8) is 0 Å². The van der Waals surface area contributed by atoms with E-state index in [1.807, 2.05) is 19.9 Å². The Bertz CT molecular complexity index is 493. The molecule has 102 valence electrons. The van der Waals surface area contributed by atoms with Crippen LogP contribution in [-0.4, -0.2) is 22.2 Å². The van der Waals surface area contributed by atoms with Crippen LogP contribution in [0.15, 0.2) is 6.07 Å². The van der Waals surface area contributed by atoms with Gasteiger partial charge in [0.1, 0.15) is 6.07 Å². The molecule has 2 N–H and O–H groups in total. The van der Waals surface area contributed by atoms with Crippen molar-refractivity contribution in [3.05, 3.63) is 23.0 Å². The van der Waals surface area contributed by atoms with Gasteiger partial charge in [-0.25, -0.2) is 0 Å². The second-order valence-corrected chi connectivity index (χ2v) is 5.34. The maximum Gasteiger partial charge on any atom is 0.103 e. The highest BCUT2D eigenvalue weighted by Gasteiger charge is 2.22. The molecule has 1 aromatic heterocycles. The number of nitriles is 1. The molecular formula is C15H21N3O. The predicted octanol–water partition coefficient (Wildman–Crippen LogP) is 2.68. The van der Waals surface area contributed by atoms with Gasteiger partial charge in [-0.2, -0.15) is 5.26 Å². The lowest BCUT2D eigenvalue weighted by Gasteiger charge is -2.24. The van der Waals surface area contributed by atoms with Crippen LogP contribution in [-0.2, 0) is 0 Å². The summed E-state index contributed by atoms with van der Waals surface area (Å²) in [5.41, 5.74) is 3.02. The summed E-state index contributed by atoms with van der Waals surface area (Å²) in [7, 11) is 0. The number of pyridine rings is 1. The molecule has 0 saturated heterocycles. The maximum absolute atomic E-state index is 10.2. The zero-order chi connectivity index (χ0) is 13.8. The Balaban J connectivity index is 2.24. The number of aliphatic hydroxyl groups is 1. The van der Waals surface area contributed by atoms with Crippen LogP contribution in [0.25, 0.3) is 0 Å². The Kier molecular flexibility index (Phi) is 4.39. The van der Waals surface area contributed by atoms with E-state index in [0.29, 0.717) is 5.56 Å². The Morgan fingerprint density at radius 3 is 2.79 bits per heavy atom. The molecule has 4 nitrogen and oxygen atoms in total. The first-order chi connectivity index (χ1) is 9.11. The number of aryl methyl sites for hydroxylation is 2. The van der Waals surface area contributed by atoms with E-state index in [2.05, 4.69) is 16.4 Å². The quantitative estimate of drug-likeness (QED) is 0.801. The highest BCUT2D eigenvalue weighted by Crippen LogP contribution is 2.25. The molecule has 1 aliphatic carbocycles. The van der Waals surface area contributed by atoms with Crippen LogP contribution >= 0.6 is 0 Å². The summed E-state index contributed by atoms with van der Waals surface area (Å²) in [5, 5.41) is 22.8. The topological polar surface area (TPSA) is 68.9 Å². The van der Waals surface area contributed by atoms with E-state index in [9.17, 15) is 10.4 Å². The first-order valence-corrected chi connectivity index (χ1v) is 6.94. The van der Waals surface area contributed by atoms with E-state index in [-0.39, 0.29) is 12.1 Å². The molecule has 19 heavy (non-hydrogen) atoms. The predicted molar refractivity (Wildman–Crippen MR) is 74.9 cm³/mol. The minimum Gasteiger partial charge on any atom is -0.391 e. The Labute approximate surface area is 114 Å². The Hall–Kier alpha value is -1.60. The number of hydrogen-bond donors (Lipinski definition) is 2. The van der Waals surface area contributed by atoms with Gasteiger partial charge in [-0.15, -0.1) is 0 Å². The van der Waals surface area contributed by atoms with Gasteiger partial charge in [0.05, 0.1) is 29.1 Å². The van der Waals surface area contributed by atoms with Gasteiger partial charge in [0.15, 0.2) is 0 Å². The summed E-state index contributed by atoms with van der Waals surface area (Å²) < 4.78 is 0. The van der Waals surface area contributed by atoms with Gasteiger partial charge in [-0.3, -0.25) is 4.98 Å². The van der Waals surface area contributed by atoms with Crippen LogP contribution in [0.5, 0.6) is 0 Å². The summed E-state index contributed by atoms with van der Waals surface area (Å²) in [6, 6.07) is 4.13. The van der Waals surface area contributed by atoms with Gasteiger partial charge in [-0.05, 0) is 32.8 Å². The molecule has 1 aliphatic rings. The molecule has 1 saturated carbocycles. The molecule has 2 atom stereocenters. The fourth-order valence-corrected chi connectivity index (χ4v) is 2.74. The second-order valence-electron chi connectivity index (χ2n) is 5.34. The third-order valence-corrected chi connectivity index (χ3v) is 3.76. The van der Waals surface area contributed by atoms with Crippen molar-refractivity contribution in [2.24, 2.45) is 0 Å². The van der Waals surface area contributed by atoms with Crippen molar-refractivity contribution in [2.45, 2.75) is 58.1 Å². The van der Waals surface area contributed by atoms with E-state index in [4.69, 9.17) is 0 Å². The third kappa shape index (κ3) is 3.24. The number of aliphatic hydroxyl groups excluding tert-OH is 1. The summed E-state index contributed by atoms with van der Waals surface area (Å²) in [6.07, 6.45) is 4.84. The molecule has 1 fully saturated rings. The van der Waals surface area contributed by atoms with E-state index in [1.54, 1.807) is 0 Å². The van der Waals surface area contributed by atoms with Gasteiger partial charge in [0, 0.05) is 5.69 Å². The molecule has 4 heteroatoms. The largest absolute Gasteiger partial charge is 0.391 e. The van der Waals surface area contributed by atoms with Crippen LogP contribution in [0.4, 0.5) is 5.69 Å². The lowest BCUT2D eigenvalue weighted by Crippen LogP contribution is -2.32. The van der Waals surface area contributed by atoms with Crippen molar-refractivity contribution < 1.29 is 5.11 Å². The van der Waals surface area contributed by atoms with Crippen molar-refractivity contribution in [3.8, 4) is 6.07 Å². The molecular weight excluding hydrogens is 238 g/mol. The maximum atomic E-state index is 10.2. The Morgan fingerprint density at radius 1 is 1.32 bits per heavy atom. The molecule has 0 bridgehead atoms. The molecule has 1 aromatic rings. The number of rotatable bonds is 2. The molecule has 0 spiro atoms. The van der Waals surface area contributed by atoms with Gasteiger partial charge in [0.25, 0.3) is 0 Å². The second kappa shape index (κ2) is 6.03. The van der Waals surface area contributed by atoms with Crippen molar-refractivity contribution in [1.29, 1.82) is 5.26 Å². The lowest BCUT2D eigenvalue weighted by atomic mass is 10.0. The fourth-order valence-electron chi connectivity index (χ4n) is 2.74. The van der Waals surface area contributed by atoms with E-state index < -0.39 is 0 Å². The zero-order valence-corrected chi connectivity index (χ0v) is 11.6. The molecule has 1 heterocycles. The lowest BCUT2D eigenvalue weighted by molar-refractivity contribution is 0.144. The van der Waals surface area contributed by atoms with Crippen molar-refractivity contribution in [2.75, 3.05) is 5.32 Å². The molecule has 0 radical (unpaired) electrons. The monoisotopic (exact) mass is 259 g/mol. The molecule has 2 rings (SSSR count). The molecule has 0 aromatic carbocycles. The number of nitrogens with zero attached hydrogens (tertiary/aromatic N) is 2. The van der Waals surface area contributed by atoms with Crippen LogP contribution in [0.1, 0.15) is 49.1 Å². The van der Waals surface area contributed by atoms with Crippen LogP contribution in [0.2, 0.25) is 0 Å². The van der Waals surface area contributed by atoms with E-state index in [1.165, 1.54) is 6.42 Å². The van der Waals surface area contributed by atoms with E-state index >= 15 is 0 Å². The van der Waals surface area contributed by atoms with Gasteiger partial charge in [-0.1, -0.05) is 19.3 Å². The minimum atomic E-state index is -0.331. The number of hydrogen-bond acceptors (Lipinski definition) is 4. The zero-order valence-electron chi connectivity index (χ0n) is 11.6. The highest BCUT2D eigenvalue weighted by molar-refractivity contribution is 5.60. The average molecular weight is 259 g/mol. The first-order valence-electron chi connectivity index (χ1n) is 6.94. The summed E-state index contributed by atoms with van der Waals surface area (Å²) in [5.74, 6) is 0. The summed E-state index contributed by atoms with van der Waals surface area (Å²) >= 11 is 0. The highest BCUT2D eigenvalue weighted by atomic mass is 16.3. The van der Waals surface area contributed by atoms with Crippen LogP contribution < -0.4 is 5.32 Å². The normalized spacial score (nSPS) is 23.5. The average Bonchev–Trinajstić information content (AvgIpc) is 2.54. The summed E-state index contributed by atoms with van der Waals surface area (Å²) in [4.78, 5) is 4.31. The van der Waals surface area contributed by atoms with Gasteiger partial charge < -0.3 is 10.4 Å². The first kappa shape index (κ1) is 13.8. The molecule has 0 aliphatic heterocycles. The molecule has 2 unspecified atom stereocenters. The van der Waals surface area contributed by atoms with Crippen LogP contribution in [0.3, 0.4) is 0 Å². The van der Waals surface area contributed by atoms with E-state index in [0.717, 1.165) is 42.8 Å². The Morgan fingerprint density at radius 2 is 2.05 bits per heavy atom. The van der Waals surface area contributed by atoms with Gasteiger partial charge in [0.2, 0.25) is 0 Å². The number of anilines is 1. The molecule has 0 amide bonds. The van der Waals surface area contributed by atoms with Crippen molar-refractivity contribution in [1.82, 2.24) is 4.98 Å². The number of aromatic nitrogens is 1.